The topological polar surface area (TPSA) is 50.4 Å². The Morgan fingerprint density at radius 1 is 1.35 bits per heavy atom. The molecule has 20 heavy (non-hydrogen) atoms. The summed E-state index contributed by atoms with van der Waals surface area (Å²) in [6, 6.07) is 5.10. The van der Waals surface area contributed by atoms with Crippen LogP contribution in [0.5, 0.6) is 0 Å². The number of rotatable bonds is 5. The van der Waals surface area contributed by atoms with Gasteiger partial charge in [0.15, 0.2) is 5.96 Å². The number of halogens is 3. The van der Waals surface area contributed by atoms with Crippen molar-refractivity contribution in [1.82, 2.24) is 5.32 Å². The van der Waals surface area contributed by atoms with E-state index in [-0.39, 0.29) is 12.5 Å². The number of nitrogens with zero attached hydrogens (tertiary/aromatic N) is 1. The fraction of sp³-hybridized carbons (Fsp3) is 0.500. The van der Waals surface area contributed by atoms with Crippen molar-refractivity contribution in [3.05, 3.63) is 35.4 Å². The van der Waals surface area contributed by atoms with Crippen LogP contribution in [0.1, 0.15) is 31.4 Å². The Kier molecular flexibility index (Phi) is 5.85. The highest BCUT2D eigenvalue weighted by Gasteiger charge is 2.30. The van der Waals surface area contributed by atoms with E-state index in [1.807, 2.05) is 0 Å². The normalized spacial score (nSPS) is 12.8. The molecule has 1 rings (SSSR count). The lowest BCUT2D eigenvalue weighted by molar-refractivity contribution is -0.137. The SMILES string of the molecule is CC(C)CCNC(N)=NCc1cccc(C(F)(F)F)c1. The van der Waals surface area contributed by atoms with E-state index in [1.165, 1.54) is 6.07 Å². The van der Waals surface area contributed by atoms with E-state index in [1.54, 1.807) is 6.07 Å². The third-order valence-electron chi connectivity index (χ3n) is 2.71. The molecule has 0 radical (unpaired) electrons. The van der Waals surface area contributed by atoms with Gasteiger partial charge in [-0.3, -0.25) is 0 Å². The van der Waals surface area contributed by atoms with Crippen molar-refractivity contribution >= 4 is 5.96 Å². The minimum atomic E-state index is -4.33. The summed E-state index contributed by atoms with van der Waals surface area (Å²) in [6.07, 6.45) is -3.37. The Balaban J connectivity index is 2.56. The molecule has 0 fully saturated rings. The van der Waals surface area contributed by atoms with E-state index in [0.717, 1.165) is 18.6 Å². The van der Waals surface area contributed by atoms with Gasteiger partial charge in [-0.15, -0.1) is 0 Å². The Morgan fingerprint density at radius 3 is 2.65 bits per heavy atom. The molecule has 0 spiro atoms. The fourth-order valence-corrected chi connectivity index (χ4v) is 1.57. The molecule has 0 aliphatic heterocycles. The molecule has 6 heteroatoms. The van der Waals surface area contributed by atoms with Gasteiger partial charge in [0.05, 0.1) is 12.1 Å². The van der Waals surface area contributed by atoms with Crippen molar-refractivity contribution in [3.8, 4) is 0 Å². The molecular weight excluding hydrogens is 267 g/mol. The summed E-state index contributed by atoms with van der Waals surface area (Å²) in [5, 5.41) is 2.93. The Morgan fingerprint density at radius 2 is 2.05 bits per heavy atom. The highest BCUT2D eigenvalue weighted by atomic mass is 19.4. The van der Waals surface area contributed by atoms with E-state index < -0.39 is 11.7 Å². The van der Waals surface area contributed by atoms with Gasteiger partial charge in [-0.05, 0) is 30.0 Å². The van der Waals surface area contributed by atoms with Gasteiger partial charge < -0.3 is 11.1 Å². The quantitative estimate of drug-likeness (QED) is 0.645. The van der Waals surface area contributed by atoms with Gasteiger partial charge >= 0.3 is 6.18 Å². The summed E-state index contributed by atoms with van der Waals surface area (Å²) in [5.41, 5.74) is 5.46. The number of hydrogen-bond donors (Lipinski definition) is 2. The number of nitrogens with two attached hydrogens (primary N) is 1. The third kappa shape index (κ3) is 5.95. The fourth-order valence-electron chi connectivity index (χ4n) is 1.57. The van der Waals surface area contributed by atoms with Crippen LogP contribution in [-0.2, 0) is 12.7 Å². The van der Waals surface area contributed by atoms with Crippen LogP contribution in [0.15, 0.2) is 29.3 Å². The standard InChI is InChI=1S/C14H20F3N3/c1-10(2)6-7-19-13(18)20-9-11-4-3-5-12(8-11)14(15,16)17/h3-5,8,10H,6-7,9H2,1-2H3,(H3,18,19,20). The van der Waals surface area contributed by atoms with Gasteiger partial charge in [0.2, 0.25) is 0 Å². The van der Waals surface area contributed by atoms with Crippen LogP contribution in [0.25, 0.3) is 0 Å². The zero-order chi connectivity index (χ0) is 15.2. The first kappa shape index (κ1) is 16.3. The number of aliphatic imine (C=N–C) groups is 1. The van der Waals surface area contributed by atoms with E-state index >= 15 is 0 Å². The van der Waals surface area contributed by atoms with Crippen molar-refractivity contribution in [3.63, 3.8) is 0 Å². The van der Waals surface area contributed by atoms with Gasteiger partial charge in [-0.1, -0.05) is 26.0 Å². The molecule has 0 atom stereocenters. The van der Waals surface area contributed by atoms with E-state index in [0.29, 0.717) is 18.0 Å². The van der Waals surface area contributed by atoms with Crippen molar-refractivity contribution < 1.29 is 13.2 Å². The maximum atomic E-state index is 12.5. The van der Waals surface area contributed by atoms with Crippen LogP contribution in [0.4, 0.5) is 13.2 Å². The van der Waals surface area contributed by atoms with Gasteiger partial charge in [-0.2, -0.15) is 13.2 Å². The first-order valence-electron chi connectivity index (χ1n) is 6.49. The second-order valence-electron chi connectivity index (χ2n) is 5.01. The molecular formula is C14H20F3N3. The molecule has 0 saturated heterocycles. The highest BCUT2D eigenvalue weighted by Crippen LogP contribution is 2.29. The monoisotopic (exact) mass is 287 g/mol. The summed E-state index contributed by atoms with van der Waals surface area (Å²) in [4.78, 5) is 4.03. The maximum absolute atomic E-state index is 12.5. The Hall–Kier alpha value is -1.72. The first-order chi connectivity index (χ1) is 9.29. The molecule has 0 heterocycles. The van der Waals surface area contributed by atoms with E-state index in [2.05, 4.69) is 24.2 Å². The first-order valence-corrected chi connectivity index (χ1v) is 6.49. The smallest absolute Gasteiger partial charge is 0.370 e. The van der Waals surface area contributed by atoms with Crippen LogP contribution >= 0.6 is 0 Å². The van der Waals surface area contributed by atoms with Crippen LogP contribution in [0, 0.1) is 5.92 Å². The number of guanidine groups is 1. The van der Waals surface area contributed by atoms with Crippen molar-refractivity contribution in [2.24, 2.45) is 16.6 Å². The average molecular weight is 287 g/mol. The van der Waals surface area contributed by atoms with Gasteiger partial charge in [0.25, 0.3) is 0 Å². The molecule has 3 N–H and O–H groups in total. The zero-order valence-electron chi connectivity index (χ0n) is 11.7. The summed E-state index contributed by atoms with van der Waals surface area (Å²) in [5.74, 6) is 0.807. The van der Waals surface area contributed by atoms with Crippen LogP contribution in [0.3, 0.4) is 0 Å². The molecule has 112 valence electrons. The molecule has 0 unspecified atom stereocenters. The summed E-state index contributed by atoms with van der Waals surface area (Å²) >= 11 is 0. The van der Waals surface area contributed by atoms with Gasteiger partial charge in [0, 0.05) is 6.54 Å². The average Bonchev–Trinajstić information content (AvgIpc) is 2.35. The predicted octanol–water partition coefficient (Wildman–Crippen LogP) is 3.16. The Bertz CT molecular complexity index is 453. The molecule has 3 nitrogen and oxygen atoms in total. The number of nitrogens with one attached hydrogen (secondary N) is 1. The van der Waals surface area contributed by atoms with E-state index in [4.69, 9.17) is 5.73 Å². The summed E-state index contributed by atoms with van der Waals surface area (Å²) in [6.45, 7) is 5.02. The van der Waals surface area contributed by atoms with Crippen molar-refractivity contribution in [1.29, 1.82) is 0 Å². The molecule has 0 saturated carbocycles. The van der Waals surface area contributed by atoms with E-state index in [9.17, 15) is 13.2 Å². The lowest BCUT2D eigenvalue weighted by Gasteiger charge is -2.09. The predicted molar refractivity (Wildman–Crippen MR) is 74.2 cm³/mol. The molecule has 0 aromatic heterocycles. The van der Waals surface area contributed by atoms with Crippen LogP contribution in [-0.4, -0.2) is 12.5 Å². The Labute approximate surface area is 117 Å². The zero-order valence-corrected chi connectivity index (χ0v) is 11.7. The maximum Gasteiger partial charge on any atom is 0.416 e. The number of benzene rings is 1. The minimum absolute atomic E-state index is 0.129. The summed E-state index contributed by atoms with van der Waals surface area (Å²) < 4.78 is 37.6. The second-order valence-corrected chi connectivity index (χ2v) is 5.01. The largest absolute Gasteiger partial charge is 0.416 e. The third-order valence-corrected chi connectivity index (χ3v) is 2.71. The molecule has 0 aliphatic carbocycles. The molecule has 1 aromatic rings. The van der Waals surface area contributed by atoms with Crippen molar-refractivity contribution in [2.75, 3.05) is 6.54 Å². The highest BCUT2D eigenvalue weighted by molar-refractivity contribution is 5.77. The second kappa shape index (κ2) is 7.17. The molecule has 1 aromatic carbocycles. The molecule has 0 aliphatic rings. The lowest BCUT2D eigenvalue weighted by atomic mass is 10.1. The minimum Gasteiger partial charge on any atom is -0.370 e. The van der Waals surface area contributed by atoms with Crippen molar-refractivity contribution in [2.45, 2.75) is 33.0 Å². The summed E-state index contributed by atoms with van der Waals surface area (Å²) in [7, 11) is 0. The number of alkyl halides is 3. The van der Waals surface area contributed by atoms with Crippen LogP contribution < -0.4 is 11.1 Å². The van der Waals surface area contributed by atoms with Gasteiger partial charge in [-0.25, -0.2) is 4.99 Å². The van der Waals surface area contributed by atoms with Gasteiger partial charge in [0.1, 0.15) is 0 Å². The lowest BCUT2D eigenvalue weighted by Crippen LogP contribution is -2.32. The molecule has 0 bridgehead atoms. The molecule has 0 amide bonds. The van der Waals surface area contributed by atoms with Crippen LogP contribution in [0.2, 0.25) is 0 Å². The number of hydrogen-bond acceptors (Lipinski definition) is 1.